The van der Waals surface area contributed by atoms with E-state index < -0.39 is 0 Å². The molecule has 0 aliphatic carbocycles. The minimum absolute atomic E-state index is 0.0198. The van der Waals surface area contributed by atoms with Gasteiger partial charge in [0.05, 0.1) is 27.8 Å². The number of carbonyl (C=O) groups is 1. The highest BCUT2D eigenvalue weighted by atomic mass is 79.9. The third-order valence-corrected chi connectivity index (χ3v) is 5.40. The molecule has 7 heteroatoms. The second-order valence-electron chi connectivity index (χ2n) is 6.75. The Labute approximate surface area is 183 Å². The molecule has 0 unspecified atom stereocenters. The SMILES string of the molecule is CCOc1cc(/C=C2\SC(=Nc3ccc(C)cc3)NC2=O)cc(Br)c1OC(C)C. The number of amidine groups is 1. The van der Waals surface area contributed by atoms with Crippen LogP contribution in [0.3, 0.4) is 0 Å². The summed E-state index contributed by atoms with van der Waals surface area (Å²) in [6.45, 7) is 8.39. The average molecular weight is 475 g/mol. The van der Waals surface area contributed by atoms with E-state index in [0.29, 0.717) is 28.2 Å². The summed E-state index contributed by atoms with van der Waals surface area (Å²) in [5.74, 6) is 1.13. The van der Waals surface area contributed by atoms with Crippen molar-refractivity contribution in [2.75, 3.05) is 6.61 Å². The van der Waals surface area contributed by atoms with Crippen LogP contribution in [0.25, 0.3) is 6.08 Å². The molecule has 1 aliphatic heterocycles. The van der Waals surface area contributed by atoms with Gasteiger partial charge >= 0.3 is 0 Å². The van der Waals surface area contributed by atoms with E-state index in [1.807, 2.05) is 70.2 Å². The van der Waals surface area contributed by atoms with Gasteiger partial charge in [0.25, 0.3) is 5.91 Å². The molecule has 0 radical (unpaired) electrons. The van der Waals surface area contributed by atoms with E-state index in [9.17, 15) is 4.79 Å². The maximum atomic E-state index is 12.4. The van der Waals surface area contributed by atoms with Crippen LogP contribution >= 0.6 is 27.7 Å². The fourth-order valence-corrected chi connectivity index (χ4v) is 4.05. The normalized spacial score (nSPS) is 16.6. The second kappa shape index (κ2) is 9.50. The Morgan fingerprint density at radius 2 is 1.97 bits per heavy atom. The van der Waals surface area contributed by atoms with Crippen LogP contribution < -0.4 is 14.8 Å². The molecule has 2 aromatic carbocycles. The molecule has 2 aromatic rings. The number of hydrogen-bond acceptors (Lipinski definition) is 5. The van der Waals surface area contributed by atoms with Gasteiger partial charge in [-0.15, -0.1) is 0 Å². The standard InChI is InChI=1S/C22H23BrN2O3S/c1-5-27-18-11-15(10-17(23)20(18)28-13(2)3)12-19-21(26)25-22(29-19)24-16-8-6-14(4)7-9-16/h6-13H,5H2,1-4H3,(H,24,25,26)/b19-12-. The highest BCUT2D eigenvalue weighted by molar-refractivity contribution is 9.10. The molecule has 29 heavy (non-hydrogen) atoms. The number of nitrogens with zero attached hydrogens (tertiary/aromatic N) is 1. The summed E-state index contributed by atoms with van der Waals surface area (Å²) >= 11 is 4.87. The number of carbonyl (C=O) groups excluding carboxylic acids is 1. The fourth-order valence-electron chi connectivity index (χ4n) is 2.65. The Hall–Kier alpha value is -2.25. The van der Waals surface area contributed by atoms with Crippen LogP contribution in [0.4, 0.5) is 5.69 Å². The minimum atomic E-state index is -0.169. The number of ether oxygens (including phenoxy) is 2. The second-order valence-corrected chi connectivity index (χ2v) is 8.63. The van der Waals surface area contributed by atoms with Crippen LogP contribution in [0, 0.1) is 6.92 Å². The maximum absolute atomic E-state index is 12.4. The maximum Gasteiger partial charge on any atom is 0.264 e. The van der Waals surface area contributed by atoms with E-state index in [1.54, 1.807) is 0 Å². The molecule has 0 atom stereocenters. The molecule has 1 fully saturated rings. The zero-order chi connectivity index (χ0) is 21.0. The summed E-state index contributed by atoms with van der Waals surface area (Å²) in [4.78, 5) is 17.5. The number of benzene rings is 2. The van der Waals surface area contributed by atoms with Crippen LogP contribution in [-0.2, 0) is 4.79 Å². The van der Waals surface area contributed by atoms with Gasteiger partial charge in [-0.1, -0.05) is 17.7 Å². The summed E-state index contributed by atoms with van der Waals surface area (Å²) in [7, 11) is 0. The van der Waals surface area contributed by atoms with Gasteiger partial charge in [-0.25, -0.2) is 4.99 Å². The van der Waals surface area contributed by atoms with Crippen LogP contribution in [0.1, 0.15) is 31.9 Å². The molecule has 0 aromatic heterocycles. The Bertz CT molecular complexity index is 969. The summed E-state index contributed by atoms with van der Waals surface area (Å²) in [5, 5.41) is 3.38. The van der Waals surface area contributed by atoms with Crippen molar-refractivity contribution in [1.29, 1.82) is 0 Å². The Morgan fingerprint density at radius 1 is 1.24 bits per heavy atom. The average Bonchev–Trinajstić information content (AvgIpc) is 2.99. The van der Waals surface area contributed by atoms with Gasteiger partial charge in [0.15, 0.2) is 16.7 Å². The number of halogens is 1. The summed E-state index contributed by atoms with van der Waals surface area (Å²) in [5.41, 5.74) is 2.81. The minimum Gasteiger partial charge on any atom is -0.490 e. The number of thioether (sulfide) groups is 1. The lowest BCUT2D eigenvalue weighted by molar-refractivity contribution is -0.115. The molecule has 1 heterocycles. The zero-order valence-electron chi connectivity index (χ0n) is 16.8. The van der Waals surface area contributed by atoms with Crippen molar-refractivity contribution >= 4 is 50.5 Å². The van der Waals surface area contributed by atoms with Crippen molar-refractivity contribution in [3.8, 4) is 11.5 Å². The number of aliphatic imine (C=N–C) groups is 1. The van der Waals surface area contributed by atoms with E-state index in [1.165, 1.54) is 17.3 Å². The van der Waals surface area contributed by atoms with Crippen LogP contribution in [0.2, 0.25) is 0 Å². The Kier molecular flexibility index (Phi) is 7.03. The van der Waals surface area contributed by atoms with Gasteiger partial charge in [0.2, 0.25) is 0 Å². The van der Waals surface area contributed by atoms with Crippen LogP contribution in [-0.4, -0.2) is 23.8 Å². The Balaban J connectivity index is 1.87. The third kappa shape index (κ3) is 5.64. The molecule has 152 valence electrons. The molecular formula is C22H23BrN2O3S. The molecule has 1 aliphatic rings. The van der Waals surface area contributed by atoms with Gasteiger partial charge in [0.1, 0.15) is 0 Å². The first-order chi connectivity index (χ1) is 13.9. The van der Waals surface area contributed by atoms with Crippen molar-refractivity contribution < 1.29 is 14.3 Å². The molecule has 0 saturated carbocycles. The van der Waals surface area contributed by atoms with E-state index in [2.05, 4.69) is 26.2 Å². The number of nitrogens with one attached hydrogen (secondary N) is 1. The topological polar surface area (TPSA) is 59.9 Å². The van der Waals surface area contributed by atoms with Gasteiger partial charge in [-0.2, -0.15) is 0 Å². The number of amides is 1. The number of hydrogen-bond donors (Lipinski definition) is 1. The lowest BCUT2D eigenvalue weighted by atomic mass is 10.2. The molecule has 1 saturated heterocycles. The van der Waals surface area contributed by atoms with E-state index in [4.69, 9.17) is 9.47 Å². The van der Waals surface area contributed by atoms with Crippen LogP contribution in [0.5, 0.6) is 11.5 Å². The largest absolute Gasteiger partial charge is 0.490 e. The fraction of sp³-hybridized carbons (Fsp3) is 0.273. The smallest absolute Gasteiger partial charge is 0.264 e. The van der Waals surface area contributed by atoms with Gasteiger partial charge < -0.3 is 14.8 Å². The van der Waals surface area contributed by atoms with Crippen molar-refractivity contribution in [2.24, 2.45) is 4.99 Å². The highest BCUT2D eigenvalue weighted by Gasteiger charge is 2.24. The number of aryl methyl sites for hydroxylation is 1. The summed E-state index contributed by atoms with van der Waals surface area (Å²) in [6, 6.07) is 11.6. The predicted molar refractivity (Wildman–Crippen MR) is 123 cm³/mol. The molecule has 0 spiro atoms. The molecule has 1 N–H and O–H groups in total. The van der Waals surface area contributed by atoms with E-state index in [0.717, 1.165) is 15.7 Å². The van der Waals surface area contributed by atoms with E-state index in [-0.39, 0.29) is 12.0 Å². The first-order valence-electron chi connectivity index (χ1n) is 9.35. The van der Waals surface area contributed by atoms with Gasteiger partial charge in [-0.3, -0.25) is 4.79 Å². The van der Waals surface area contributed by atoms with E-state index >= 15 is 0 Å². The monoisotopic (exact) mass is 474 g/mol. The first kappa shape index (κ1) is 21.5. The van der Waals surface area contributed by atoms with Gasteiger partial charge in [0, 0.05) is 0 Å². The lowest BCUT2D eigenvalue weighted by Crippen LogP contribution is -2.19. The van der Waals surface area contributed by atoms with Crippen molar-refractivity contribution in [1.82, 2.24) is 5.32 Å². The Morgan fingerprint density at radius 3 is 2.62 bits per heavy atom. The highest BCUT2D eigenvalue weighted by Crippen LogP contribution is 2.39. The lowest BCUT2D eigenvalue weighted by Gasteiger charge is -2.17. The molecule has 3 rings (SSSR count). The molecular weight excluding hydrogens is 452 g/mol. The summed E-state index contributed by atoms with van der Waals surface area (Å²) < 4.78 is 12.4. The van der Waals surface area contributed by atoms with Gasteiger partial charge in [-0.05, 0) is 91.3 Å². The predicted octanol–water partition coefficient (Wildman–Crippen LogP) is 5.84. The zero-order valence-corrected chi connectivity index (χ0v) is 19.2. The van der Waals surface area contributed by atoms with Crippen LogP contribution in [0.15, 0.2) is 50.8 Å². The van der Waals surface area contributed by atoms with Crippen molar-refractivity contribution in [3.63, 3.8) is 0 Å². The quantitative estimate of drug-likeness (QED) is 0.534. The molecule has 0 bridgehead atoms. The first-order valence-corrected chi connectivity index (χ1v) is 11.0. The molecule has 5 nitrogen and oxygen atoms in total. The third-order valence-electron chi connectivity index (χ3n) is 3.90. The summed E-state index contributed by atoms with van der Waals surface area (Å²) in [6.07, 6.45) is 1.84. The number of rotatable bonds is 6. The molecule has 1 amide bonds. The van der Waals surface area contributed by atoms with Crippen molar-refractivity contribution in [3.05, 3.63) is 56.9 Å². The van der Waals surface area contributed by atoms with Crippen molar-refractivity contribution in [2.45, 2.75) is 33.8 Å².